The van der Waals surface area contributed by atoms with Crippen molar-refractivity contribution in [2.75, 3.05) is 11.4 Å². The fourth-order valence-corrected chi connectivity index (χ4v) is 5.63. The average Bonchev–Trinajstić information content (AvgIpc) is 3.52. The highest BCUT2D eigenvalue weighted by atomic mass is 16.2. The van der Waals surface area contributed by atoms with Crippen molar-refractivity contribution in [3.8, 4) is 0 Å². The first kappa shape index (κ1) is 17.0. The first-order chi connectivity index (χ1) is 14.2. The summed E-state index contributed by atoms with van der Waals surface area (Å²) in [7, 11) is 0. The minimum Gasteiger partial charge on any atom is -0.334 e. The molecule has 1 saturated heterocycles. The van der Waals surface area contributed by atoms with Crippen molar-refractivity contribution in [2.45, 2.75) is 63.7 Å². The molecular weight excluding hydrogens is 370 g/mol. The van der Waals surface area contributed by atoms with Crippen molar-refractivity contribution in [1.82, 2.24) is 34.9 Å². The Morgan fingerprint density at radius 2 is 2.10 bits per heavy atom. The predicted molar refractivity (Wildman–Crippen MR) is 105 cm³/mol. The number of rotatable bonds is 1. The lowest BCUT2D eigenvalue weighted by atomic mass is 9.80. The Morgan fingerprint density at radius 1 is 1.21 bits per heavy atom. The Balaban J connectivity index is 1.34. The molecular formula is C19H25N9O. The summed E-state index contributed by atoms with van der Waals surface area (Å²) < 4.78 is 4.04. The third-order valence-corrected chi connectivity index (χ3v) is 6.94. The molecule has 0 spiro atoms. The molecule has 4 atom stereocenters. The highest BCUT2D eigenvalue weighted by Gasteiger charge is 2.47. The van der Waals surface area contributed by atoms with E-state index in [1.54, 1.807) is 11.6 Å². The maximum absolute atomic E-state index is 11.9. The SMILES string of the molecule is CC(=O)N1CCCC1c1cn(C2=NNC3C4CCCCC4n4cncc4N23)nn1. The van der Waals surface area contributed by atoms with Gasteiger partial charge in [0.15, 0.2) is 0 Å². The molecule has 4 unspecified atom stereocenters. The average molecular weight is 395 g/mol. The molecule has 0 radical (unpaired) electrons. The highest BCUT2D eigenvalue weighted by molar-refractivity contribution is 5.98. The largest absolute Gasteiger partial charge is 0.334 e. The number of hydrazone groups is 1. The molecule has 1 N–H and O–H groups in total. The van der Waals surface area contributed by atoms with Crippen LogP contribution < -0.4 is 10.3 Å². The van der Waals surface area contributed by atoms with Gasteiger partial charge < -0.3 is 9.47 Å². The predicted octanol–water partition coefficient (Wildman–Crippen LogP) is 1.46. The van der Waals surface area contributed by atoms with Crippen molar-refractivity contribution in [3.05, 3.63) is 24.4 Å². The summed E-state index contributed by atoms with van der Waals surface area (Å²) in [6, 6.07) is 0.472. The molecule has 1 aliphatic carbocycles. The summed E-state index contributed by atoms with van der Waals surface area (Å²) in [5, 5.41) is 13.4. The van der Waals surface area contributed by atoms with Gasteiger partial charge in [-0.2, -0.15) is 4.68 Å². The Morgan fingerprint density at radius 3 is 3.00 bits per heavy atom. The van der Waals surface area contributed by atoms with Crippen LogP contribution in [0.5, 0.6) is 0 Å². The molecule has 2 aromatic heterocycles. The number of likely N-dealkylation sites (tertiary alicyclic amines) is 1. The molecule has 4 aliphatic rings. The molecule has 2 fully saturated rings. The summed E-state index contributed by atoms with van der Waals surface area (Å²) in [6.45, 7) is 2.40. The zero-order chi connectivity index (χ0) is 19.5. The van der Waals surface area contributed by atoms with Crippen LogP contribution >= 0.6 is 0 Å². The summed E-state index contributed by atoms with van der Waals surface area (Å²) in [6.07, 6.45) is 12.7. The summed E-state index contributed by atoms with van der Waals surface area (Å²) in [5.74, 6) is 2.33. The number of aromatic nitrogens is 5. The van der Waals surface area contributed by atoms with Crippen LogP contribution in [0.3, 0.4) is 0 Å². The molecule has 0 aromatic carbocycles. The van der Waals surface area contributed by atoms with Gasteiger partial charge in [-0.1, -0.05) is 18.1 Å². The van der Waals surface area contributed by atoms with Gasteiger partial charge >= 0.3 is 0 Å². The fourth-order valence-electron chi connectivity index (χ4n) is 5.63. The normalized spacial score (nSPS) is 30.4. The number of carbonyl (C=O) groups excluding carboxylic acids is 1. The van der Waals surface area contributed by atoms with Gasteiger partial charge in [0.25, 0.3) is 5.96 Å². The van der Waals surface area contributed by atoms with Crippen LogP contribution in [0, 0.1) is 5.92 Å². The van der Waals surface area contributed by atoms with Crippen LogP contribution in [0.1, 0.15) is 63.2 Å². The zero-order valence-corrected chi connectivity index (χ0v) is 16.5. The lowest BCUT2D eigenvalue weighted by molar-refractivity contribution is -0.129. The Bertz CT molecular complexity index is 978. The zero-order valence-electron chi connectivity index (χ0n) is 16.5. The van der Waals surface area contributed by atoms with E-state index < -0.39 is 0 Å². The molecule has 5 heterocycles. The van der Waals surface area contributed by atoms with Gasteiger partial charge in [-0.05, 0) is 25.7 Å². The molecule has 1 amide bonds. The van der Waals surface area contributed by atoms with Crippen molar-refractivity contribution < 1.29 is 4.79 Å². The van der Waals surface area contributed by atoms with Crippen molar-refractivity contribution in [1.29, 1.82) is 0 Å². The fraction of sp³-hybridized carbons (Fsp3) is 0.632. The maximum Gasteiger partial charge on any atom is 0.252 e. The topological polar surface area (TPSA) is 96.5 Å². The van der Waals surface area contributed by atoms with Gasteiger partial charge in [0.2, 0.25) is 5.91 Å². The molecule has 1 saturated carbocycles. The second-order valence-corrected chi connectivity index (χ2v) is 8.49. The maximum atomic E-state index is 11.9. The van der Waals surface area contributed by atoms with E-state index in [4.69, 9.17) is 0 Å². The van der Waals surface area contributed by atoms with Crippen molar-refractivity contribution in [2.24, 2.45) is 11.0 Å². The third kappa shape index (κ3) is 2.44. The van der Waals surface area contributed by atoms with E-state index in [-0.39, 0.29) is 18.1 Å². The summed E-state index contributed by atoms with van der Waals surface area (Å²) in [5.41, 5.74) is 4.19. The number of amides is 1. The molecule has 29 heavy (non-hydrogen) atoms. The Hall–Kier alpha value is -2.91. The minimum absolute atomic E-state index is 0.00150. The van der Waals surface area contributed by atoms with Crippen LogP contribution in [0.25, 0.3) is 0 Å². The van der Waals surface area contributed by atoms with Crippen LogP contribution in [-0.2, 0) is 4.79 Å². The molecule has 2 aromatic rings. The van der Waals surface area contributed by atoms with E-state index >= 15 is 0 Å². The molecule has 10 nitrogen and oxygen atoms in total. The van der Waals surface area contributed by atoms with E-state index in [2.05, 4.69) is 35.3 Å². The number of hydrogen-bond donors (Lipinski definition) is 1. The van der Waals surface area contributed by atoms with Crippen molar-refractivity contribution >= 4 is 17.7 Å². The summed E-state index contributed by atoms with van der Waals surface area (Å²) in [4.78, 5) is 20.5. The summed E-state index contributed by atoms with van der Waals surface area (Å²) >= 11 is 0. The van der Waals surface area contributed by atoms with Gasteiger partial charge in [0.05, 0.1) is 24.8 Å². The molecule has 3 aliphatic heterocycles. The first-order valence-electron chi connectivity index (χ1n) is 10.6. The smallest absolute Gasteiger partial charge is 0.252 e. The molecule has 152 valence electrons. The number of hydrogen-bond acceptors (Lipinski definition) is 7. The molecule has 6 rings (SSSR count). The monoisotopic (exact) mass is 395 g/mol. The van der Waals surface area contributed by atoms with Gasteiger partial charge in [0, 0.05) is 25.4 Å². The van der Waals surface area contributed by atoms with E-state index in [1.807, 2.05) is 23.6 Å². The first-order valence-corrected chi connectivity index (χ1v) is 10.6. The van der Waals surface area contributed by atoms with Crippen LogP contribution in [0.2, 0.25) is 0 Å². The number of fused-ring (bicyclic) bond motifs is 6. The number of carbonyl (C=O) groups is 1. The van der Waals surface area contributed by atoms with Gasteiger partial charge in [-0.25, -0.2) is 4.98 Å². The lowest BCUT2D eigenvalue weighted by Gasteiger charge is -2.45. The Labute approximate surface area is 168 Å². The lowest BCUT2D eigenvalue weighted by Crippen LogP contribution is -2.54. The van der Waals surface area contributed by atoms with Crippen LogP contribution in [-0.4, -0.2) is 54.0 Å². The van der Waals surface area contributed by atoms with E-state index in [0.29, 0.717) is 17.9 Å². The molecule has 0 bridgehead atoms. The second-order valence-electron chi connectivity index (χ2n) is 8.49. The van der Waals surface area contributed by atoms with Gasteiger partial charge in [0.1, 0.15) is 17.7 Å². The number of anilines is 1. The van der Waals surface area contributed by atoms with E-state index in [0.717, 1.165) is 30.9 Å². The third-order valence-electron chi connectivity index (χ3n) is 6.94. The number of nitrogens with one attached hydrogen (secondary N) is 1. The van der Waals surface area contributed by atoms with Crippen LogP contribution in [0.4, 0.5) is 5.82 Å². The number of imidazole rings is 1. The second kappa shape index (κ2) is 6.30. The molecule has 10 heteroatoms. The van der Waals surface area contributed by atoms with E-state index in [9.17, 15) is 4.79 Å². The standard InChI is InChI=1S/C19H25N9O/c1-12(29)25-8-4-7-16(25)14-10-27(24-21-14)19-23-22-18-13-5-2-3-6-15(13)26-11-20-9-17(26)28(18)19/h9-11,13,15-16,18,22H,2-8H2,1H3. The van der Waals surface area contributed by atoms with Crippen LogP contribution in [0.15, 0.2) is 23.8 Å². The Kier molecular flexibility index (Phi) is 3.69. The van der Waals surface area contributed by atoms with E-state index in [1.165, 1.54) is 25.7 Å². The minimum atomic E-state index is 0.00150. The number of nitrogens with zero attached hydrogens (tertiary/aromatic N) is 8. The van der Waals surface area contributed by atoms with Gasteiger partial charge in [-0.15, -0.1) is 10.2 Å². The highest BCUT2D eigenvalue weighted by Crippen LogP contribution is 2.45. The quantitative estimate of drug-likeness (QED) is 0.785. The van der Waals surface area contributed by atoms with Crippen molar-refractivity contribution in [3.63, 3.8) is 0 Å². The van der Waals surface area contributed by atoms with Gasteiger partial charge in [-0.3, -0.25) is 15.1 Å².